The van der Waals surface area contributed by atoms with E-state index in [2.05, 4.69) is 23.7 Å². The van der Waals surface area contributed by atoms with Crippen LogP contribution in [0.15, 0.2) is 18.2 Å². The van der Waals surface area contributed by atoms with Gasteiger partial charge in [0.05, 0.1) is 16.6 Å². The van der Waals surface area contributed by atoms with E-state index >= 15 is 0 Å². The first-order chi connectivity index (χ1) is 9.64. The number of nitrogens with zero attached hydrogens (tertiary/aromatic N) is 2. The van der Waals surface area contributed by atoms with Crippen molar-refractivity contribution in [3.63, 3.8) is 0 Å². The quantitative estimate of drug-likeness (QED) is 0.928. The van der Waals surface area contributed by atoms with Gasteiger partial charge < -0.3 is 9.88 Å². The number of fused-ring (bicyclic) bond motifs is 1. The second kappa shape index (κ2) is 5.17. The fourth-order valence-electron chi connectivity index (χ4n) is 3.22. The minimum Gasteiger partial charge on any atom is -0.326 e. The van der Waals surface area contributed by atoms with Crippen LogP contribution in [0.1, 0.15) is 45.4 Å². The molecule has 2 aromatic rings. The molecule has 0 amide bonds. The Labute approximate surface area is 119 Å². The molecule has 0 bridgehead atoms. The third-order valence-corrected chi connectivity index (χ3v) is 4.27. The molecule has 20 heavy (non-hydrogen) atoms. The monoisotopic (exact) mass is 275 g/mol. The summed E-state index contributed by atoms with van der Waals surface area (Å²) in [6.45, 7) is 6.33. The highest BCUT2D eigenvalue weighted by Crippen LogP contribution is 2.32. The molecule has 1 aromatic heterocycles. The Balaban J connectivity index is 2.15. The molecular weight excluding hydrogens is 253 g/mol. The number of aryl methyl sites for hydroxylation is 1. The number of hydrogen-bond acceptors (Lipinski definition) is 2. The van der Waals surface area contributed by atoms with Crippen LogP contribution >= 0.6 is 0 Å². The Morgan fingerprint density at radius 3 is 2.95 bits per heavy atom. The molecule has 1 aliphatic rings. The predicted molar refractivity (Wildman–Crippen MR) is 79.2 cm³/mol. The SMILES string of the molecule is CCCn1c(C2(C)CCCCN2)nc2cc(F)ccc21. The van der Waals surface area contributed by atoms with Crippen molar-refractivity contribution in [3.8, 4) is 0 Å². The normalized spacial score (nSPS) is 23.4. The molecule has 0 spiro atoms. The molecule has 4 heteroatoms. The van der Waals surface area contributed by atoms with Crippen molar-refractivity contribution in [2.24, 2.45) is 0 Å². The number of imidazole rings is 1. The summed E-state index contributed by atoms with van der Waals surface area (Å²) >= 11 is 0. The number of benzene rings is 1. The molecule has 3 rings (SSSR count). The van der Waals surface area contributed by atoms with E-state index in [1.54, 1.807) is 0 Å². The first-order valence-corrected chi connectivity index (χ1v) is 7.55. The van der Waals surface area contributed by atoms with Crippen molar-refractivity contribution in [1.82, 2.24) is 14.9 Å². The van der Waals surface area contributed by atoms with E-state index in [0.29, 0.717) is 0 Å². The van der Waals surface area contributed by atoms with Crippen LogP contribution in [0.2, 0.25) is 0 Å². The molecule has 1 aliphatic heterocycles. The lowest BCUT2D eigenvalue weighted by atomic mass is 9.90. The van der Waals surface area contributed by atoms with Crippen LogP contribution in [0.4, 0.5) is 4.39 Å². The zero-order chi connectivity index (χ0) is 14.2. The van der Waals surface area contributed by atoms with Gasteiger partial charge in [0.2, 0.25) is 0 Å². The van der Waals surface area contributed by atoms with Crippen molar-refractivity contribution >= 4 is 11.0 Å². The van der Waals surface area contributed by atoms with Gasteiger partial charge in [-0.2, -0.15) is 0 Å². The lowest BCUT2D eigenvalue weighted by molar-refractivity contribution is 0.261. The van der Waals surface area contributed by atoms with Crippen LogP contribution < -0.4 is 5.32 Å². The Bertz CT molecular complexity index is 611. The molecule has 1 atom stereocenters. The van der Waals surface area contributed by atoms with E-state index < -0.39 is 0 Å². The Kier molecular flexibility index (Phi) is 3.50. The molecule has 3 nitrogen and oxygen atoms in total. The van der Waals surface area contributed by atoms with Gasteiger partial charge in [-0.15, -0.1) is 0 Å². The lowest BCUT2D eigenvalue weighted by Crippen LogP contribution is -2.45. The van der Waals surface area contributed by atoms with Crippen molar-refractivity contribution in [2.45, 2.75) is 51.6 Å². The first kappa shape index (κ1) is 13.6. The van der Waals surface area contributed by atoms with Crippen LogP contribution in [0.3, 0.4) is 0 Å². The van der Waals surface area contributed by atoms with Gasteiger partial charge in [-0.05, 0) is 51.3 Å². The fourth-order valence-corrected chi connectivity index (χ4v) is 3.22. The topological polar surface area (TPSA) is 29.9 Å². The number of nitrogens with one attached hydrogen (secondary N) is 1. The summed E-state index contributed by atoms with van der Waals surface area (Å²) in [5, 5.41) is 3.61. The Morgan fingerprint density at radius 1 is 1.40 bits per heavy atom. The van der Waals surface area contributed by atoms with Crippen molar-refractivity contribution in [1.29, 1.82) is 0 Å². The highest BCUT2D eigenvalue weighted by Gasteiger charge is 2.33. The molecule has 108 valence electrons. The fraction of sp³-hybridized carbons (Fsp3) is 0.562. The molecule has 1 N–H and O–H groups in total. The zero-order valence-corrected chi connectivity index (χ0v) is 12.2. The lowest BCUT2D eigenvalue weighted by Gasteiger charge is -2.34. The Hall–Kier alpha value is -1.42. The summed E-state index contributed by atoms with van der Waals surface area (Å²) in [7, 11) is 0. The Morgan fingerprint density at radius 2 is 2.25 bits per heavy atom. The van der Waals surface area contributed by atoms with E-state index in [1.807, 2.05) is 6.07 Å². The number of aromatic nitrogens is 2. The molecular formula is C16H22FN3. The highest BCUT2D eigenvalue weighted by molar-refractivity contribution is 5.76. The molecule has 1 unspecified atom stereocenters. The molecule has 0 radical (unpaired) electrons. The standard InChI is InChI=1S/C16H22FN3/c1-3-10-20-14-7-6-12(17)11-13(14)19-15(20)16(2)8-4-5-9-18-16/h6-7,11,18H,3-5,8-10H2,1-2H3. The van der Waals surface area contributed by atoms with E-state index in [4.69, 9.17) is 4.98 Å². The van der Waals surface area contributed by atoms with E-state index in [0.717, 1.165) is 42.8 Å². The summed E-state index contributed by atoms with van der Waals surface area (Å²) < 4.78 is 15.7. The predicted octanol–water partition coefficient (Wildman–Crippen LogP) is 3.57. The maximum atomic E-state index is 13.4. The summed E-state index contributed by atoms with van der Waals surface area (Å²) in [5.74, 6) is 0.839. The molecule has 1 saturated heterocycles. The third-order valence-electron chi connectivity index (χ3n) is 4.27. The van der Waals surface area contributed by atoms with E-state index in [1.165, 1.54) is 25.0 Å². The number of hydrogen-bond donors (Lipinski definition) is 1. The van der Waals surface area contributed by atoms with Gasteiger partial charge in [-0.1, -0.05) is 6.92 Å². The minimum atomic E-state index is -0.216. The smallest absolute Gasteiger partial charge is 0.129 e. The average molecular weight is 275 g/mol. The van der Waals surface area contributed by atoms with E-state index in [-0.39, 0.29) is 11.4 Å². The maximum absolute atomic E-state index is 13.4. The van der Waals surface area contributed by atoms with Gasteiger partial charge >= 0.3 is 0 Å². The van der Waals surface area contributed by atoms with E-state index in [9.17, 15) is 4.39 Å². The van der Waals surface area contributed by atoms with Crippen LogP contribution in [0.5, 0.6) is 0 Å². The highest BCUT2D eigenvalue weighted by atomic mass is 19.1. The van der Waals surface area contributed by atoms with Gasteiger partial charge in [-0.25, -0.2) is 9.37 Å². The third kappa shape index (κ3) is 2.22. The summed E-state index contributed by atoms with van der Waals surface area (Å²) in [5.41, 5.74) is 1.71. The van der Waals surface area contributed by atoms with Gasteiger partial charge in [0.1, 0.15) is 11.6 Å². The van der Waals surface area contributed by atoms with Crippen molar-refractivity contribution in [3.05, 3.63) is 29.8 Å². The van der Waals surface area contributed by atoms with Crippen molar-refractivity contribution < 1.29 is 4.39 Å². The molecule has 1 fully saturated rings. The van der Waals surface area contributed by atoms with Gasteiger partial charge in [0.25, 0.3) is 0 Å². The molecule has 0 aliphatic carbocycles. The number of halogens is 1. The van der Waals surface area contributed by atoms with Gasteiger partial charge in [0, 0.05) is 12.6 Å². The second-order valence-electron chi connectivity index (χ2n) is 5.94. The summed E-state index contributed by atoms with van der Waals surface area (Å²) in [4.78, 5) is 4.75. The second-order valence-corrected chi connectivity index (χ2v) is 5.94. The van der Waals surface area contributed by atoms with Gasteiger partial charge in [0.15, 0.2) is 0 Å². The molecule has 1 aromatic carbocycles. The minimum absolute atomic E-state index is 0.0943. The zero-order valence-electron chi connectivity index (χ0n) is 12.2. The molecule has 2 heterocycles. The van der Waals surface area contributed by atoms with Crippen LogP contribution in [-0.2, 0) is 12.1 Å². The van der Waals surface area contributed by atoms with Crippen molar-refractivity contribution in [2.75, 3.05) is 6.54 Å². The number of piperidine rings is 1. The van der Waals surface area contributed by atoms with Crippen LogP contribution in [0.25, 0.3) is 11.0 Å². The first-order valence-electron chi connectivity index (χ1n) is 7.55. The summed E-state index contributed by atoms with van der Waals surface area (Å²) in [6.07, 6.45) is 4.57. The number of rotatable bonds is 3. The molecule has 0 saturated carbocycles. The largest absolute Gasteiger partial charge is 0.326 e. The summed E-state index contributed by atoms with van der Waals surface area (Å²) in [6, 6.07) is 4.91. The average Bonchev–Trinajstić information content (AvgIpc) is 2.79. The van der Waals surface area contributed by atoms with Gasteiger partial charge in [-0.3, -0.25) is 0 Å². The van der Waals surface area contributed by atoms with Crippen LogP contribution in [-0.4, -0.2) is 16.1 Å². The van der Waals surface area contributed by atoms with Crippen LogP contribution in [0, 0.1) is 5.82 Å². The maximum Gasteiger partial charge on any atom is 0.129 e.